The quantitative estimate of drug-likeness (QED) is 0.289. The van der Waals surface area contributed by atoms with Crippen molar-refractivity contribution in [1.82, 2.24) is 4.90 Å². The van der Waals surface area contributed by atoms with Crippen LogP contribution in [0.1, 0.15) is 42.4 Å². The molecule has 1 aliphatic heterocycles. The Balaban J connectivity index is 1.80. The SMILES string of the molecule is COc1cc(C2C(C(=O)c3cc4ccccc4o3)=C(O)C(=O)N2CCCOC(C)C)cc(OC)c1OC. The van der Waals surface area contributed by atoms with Gasteiger partial charge in [0.2, 0.25) is 11.5 Å². The molecular weight excluding hydrogens is 478 g/mol. The average Bonchev–Trinajstić information content (AvgIpc) is 3.44. The first-order valence-electron chi connectivity index (χ1n) is 12.0. The Morgan fingerprint density at radius 3 is 2.32 bits per heavy atom. The normalized spacial score (nSPS) is 15.7. The van der Waals surface area contributed by atoms with Gasteiger partial charge < -0.3 is 33.4 Å². The number of benzene rings is 2. The first-order valence-corrected chi connectivity index (χ1v) is 12.0. The van der Waals surface area contributed by atoms with Crippen molar-refractivity contribution in [3.63, 3.8) is 0 Å². The van der Waals surface area contributed by atoms with E-state index in [1.165, 1.54) is 26.2 Å². The minimum absolute atomic E-state index is 0.0259. The van der Waals surface area contributed by atoms with Gasteiger partial charge in [0.15, 0.2) is 23.0 Å². The van der Waals surface area contributed by atoms with Crippen LogP contribution in [-0.4, -0.2) is 62.3 Å². The van der Waals surface area contributed by atoms with E-state index < -0.39 is 23.5 Å². The summed E-state index contributed by atoms with van der Waals surface area (Å²) in [7, 11) is 4.45. The number of carbonyl (C=O) groups excluding carboxylic acids is 2. The molecule has 0 radical (unpaired) electrons. The molecule has 1 amide bonds. The number of aliphatic hydroxyl groups excluding tert-OH is 1. The van der Waals surface area contributed by atoms with Gasteiger partial charge in [0.1, 0.15) is 5.58 Å². The van der Waals surface area contributed by atoms with Gasteiger partial charge in [-0.05, 0) is 50.1 Å². The Morgan fingerprint density at radius 2 is 1.73 bits per heavy atom. The highest BCUT2D eigenvalue weighted by Crippen LogP contribution is 2.45. The molecule has 0 aliphatic carbocycles. The van der Waals surface area contributed by atoms with Gasteiger partial charge in [-0.15, -0.1) is 0 Å². The average molecular weight is 510 g/mol. The lowest BCUT2D eigenvalue weighted by Crippen LogP contribution is -2.32. The number of amides is 1. The number of ether oxygens (including phenoxy) is 4. The molecule has 1 unspecified atom stereocenters. The predicted octanol–water partition coefficient (Wildman–Crippen LogP) is 4.85. The monoisotopic (exact) mass is 509 g/mol. The molecule has 0 spiro atoms. The lowest BCUT2D eigenvalue weighted by molar-refractivity contribution is -0.129. The standard InChI is InChI=1S/C28H31NO8/c1-16(2)36-12-8-11-29-24(18-14-21(33-3)27(35-5)22(15-18)34-4)23(26(31)28(29)32)25(30)20-13-17-9-6-7-10-19(17)37-20/h6-7,9-10,13-16,24,31H,8,11-12H2,1-5H3. The number of Topliss-reactive ketones (excluding diaryl/α,β-unsaturated/α-hetero) is 1. The van der Waals surface area contributed by atoms with Gasteiger partial charge in [-0.3, -0.25) is 9.59 Å². The summed E-state index contributed by atoms with van der Waals surface area (Å²) in [6, 6.07) is 11.2. The number of hydrogen-bond donors (Lipinski definition) is 1. The van der Waals surface area contributed by atoms with Gasteiger partial charge in [0.05, 0.1) is 39.0 Å². The summed E-state index contributed by atoms with van der Waals surface area (Å²) in [5, 5.41) is 11.7. The van der Waals surface area contributed by atoms with Crippen LogP contribution in [0.5, 0.6) is 17.2 Å². The number of rotatable bonds is 11. The Bertz CT molecular complexity index is 1280. The van der Waals surface area contributed by atoms with Crippen molar-refractivity contribution >= 4 is 22.7 Å². The van der Waals surface area contributed by atoms with Crippen molar-refractivity contribution < 1.29 is 38.1 Å². The Kier molecular flexibility index (Phi) is 7.73. The summed E-state index contributed by atoms with van der Waals surface area (Å²) in [5.41, 5.74) is 0.960. The van der Waals surface area contributed by atoms with Gasteiger partial charge in [-0.2, -0.15) is 0 Å². The van der Waals surface area contributed by atoms with Crippen LogP contribution in [0.4, 0.5) is 0 Å². The summed E-state index contributed by atoms with van der Waals surface area (Å²) in [6.07, 6.45) is 0.543. The molecule has 1 N–H and O–H groups in total. The fraction of sp³-hybridized carbons (Fsp3) is 0.357. The predicted molar refractivity (Wildman–Crippen MR) is 136 cm³/mol. The molecular formula is C28H31NO8. The fourth-order valence-electron chi connectivity index (χ4n) is 4.50. The van der Waals surface area contributed by atoms with E-state index >= 15 is 0 Å². The van der Waals surface area contributed by atoms with Gasteiger partial charge >= 0.3 is 0 Å². The zero-order valence-corrected chi connectivity index (χ0v) is 21.6. The van der Waals surface area contributed by atoms with E-state index in [1.807, 2.05) is 26.0 Å². The number of aliphatic hydroxyl groups is 1. The largest absolute Gasteiger partial charge is 0.503 e. The third-order valence-electron chi connectivity index (χ3n) is 6.19. The highest BCUT2D eigenvalue weighted by molar-refractivity contribution is 6.16. The van der Waals surface area contributed by atoms with Crippen molar-refractivity contribution in [3.8, 4) is 17.2 Å². The van der Waals surface area contributed by atoms with E-state index in [1.54, 1.807) is 30.3 Å². The molecule has 0 bridgehead atoms. The zero-order chi connectivity index (χ0) is 26.7. The van der Waals surface area contributed by atoms with Crippen LogP contribution in [0, 0.1) is 0 Å². The van der Waals surface area contributed by atoms with E-state index in [0.717, 1.165) is 5.39 Å². The topological polar surface area (TPSA) is 108 Å². The lowest BCUT2D eigenvalue weighted by atomic mass is 9.94. The third-order valence-corrected chi connectivity index (χ3v) is 6.19. The summed E-state index contributed by atoms with van der Waals surface area (Å²) >= 11 is 0. The van der Waals surface area contributed by atoms with Crippen LogP contribution in [-0.2, 0) is 9.53 Å². The molecule has 0 saturated carbocycles. The smallest absolute Gasteiger partial charge is 0.290 e. The number of ketones is 1. The van der Waals surface area contributed by atoms with Gasteiger partial charge in [-0.25, -0.2) is 0 Å². The van der Waals surface area contributed by atoms with Gasteiger partial charge in [0, 0.05) is 18.5 Å². The molecule has 1 aliphatic rings. The molecule has 1 atom stereocenters. The van der Waals surface area contributed by atoms with Crippen LogP contribution in [0.3, 0.4) is 0 Å². The molecule has 0 saturated heterocycles. The summed E-state index contributed by atoms with van der Waals surface area (Å²) in [5.74, 6) is -0.742. The molecule has 1 aromatic heterocycles. The third kappa shape index (κ3) is 4.99. The summed E-state index contributed by atoms with van der Waals surface area (Å²) in [6.45, 7) is 4.51. The minimum Gasteiger partial charge on any atom is -0.503 e. The number of carbonyl (C=O) groups is 2. The number of hydrogen-bond acceptors (Lipinski definition) is 8. The van der Waals surface area contributed by atoms with E-state index in [-0.39, 0.29) is 24.0 Å². The molecule has 2 aromatic carbocycles. The lowest BCUT2D eigenvalue weighted by Gasteiger charge is -2.28. The van der Waals surface area contributed by atoms with E-state index in [9.17, 15) is 14.7 Å². The van der Waals surface area contributed by atoms with Crippen LogP contribution >= 0.6 is 0 Å². The first kappa shape index (κ1) is 26.1. The number of furan rings is 1. The molecule has 2 heterocycles. The molecule has 4 rings (SSSR count). The Hall–Kier alpha value is -3.98. The van der Waals surface area contributed by atoms with Crippen LogP contribution in [0.15, 0.2) is 58.2 Å². The van der Waals surface area contributed by atoms with Crippen molar-refractivity contribution in [2.45, 2.75) is 32.4 Å². The van der Waals surface area contributed by atoms with Crippen molar-refractivity contribution in [2.24, 2.45) is 0 Å². The fourth-order valence-corrected chi connectivity index (χ4v) is 4.50. The van der Waals surface area contributed by atoms with Gasteiger partial charge in [0.25, 0.3) is 5.91 Å². The second-order valence-electron chi connectivity index (χ2n) is 8.87. The van der Waals surface area contributed by atoms with Crippen LogP contribution < -0.4 is 14.2 Å². The molecule has 9 nitrogen and oxygen atoms in total. The highest BCUT2D eigenvalue weighted by atomic mass is 16.5. The second kappa shape index (κ2) is 11.0. The number of para-hydroxylation sites is 1. The Labute approximate surface area is 215 Å². The second-order valence-corrected chi connectivity index (χ2v) is 8.87. The first-order chi connectivity index (χ1) is 17.8. The number of methoxy groups -OCH3 is 3. The van der Waals surface area contributed by atoms with Crippen molar-refractivity contribution in [1.29, 1.82) is 0 Å². The maximum absolute atomic E-state index is 13.8. The Morgan fingerprint density at radius 1 is 1.05 bits per heavy atom. The highest BCUT2D eigenvalue weighted by Gasteiger charge is 2.45. The maximum Gasteiger partial charge on any atom is 0.290 e. The van der Waals surface area contributed by atoms with Gasteiger partial charge in [-0.1, -0.05) is 18.2 Å². The number of fused-ring (bicyclic) bond motifs is 1. The number of nitrogens with zero attached hydrogens (tertiary/aromatic N) is 1. The summed E-state index contributed by atoms with van der Waals surface area (Å²) < 4.78 is 27.9. The minimum atomic E-state index is -0.916. The van der Waals surface area contributed by atoms with Crippen LogP contribution in [0.2, 0.25) is 0 Å². The van der Waals surface area contributed by atoms with Crippen LogP contribution in [0.25, 0.3) is 11.0 Å². The zero-order valence-electron chi connectivity index (χ0n) is 21.6. The molecule has 0 fully saturated rings. The molecule has 9 heteroatoms. The van der Waals surface area contributed by atoms with E-state index in [2.05, 4.69) is 0 Å². The molecule has 37 heavy (non-hydrogen) atoms. The molecule has 196 valence electrons. The van der Waals surface area contributed by atoms with Crippen molar-refractivity contribution in [3.05, 3.63) is 65.1 Å². The van der Waals surface area contributed by atoms with E-state index in [4.69, 9.17) is 23.4 Å². The van der Waals surface area contributed by atoms with E-state index in [0.29, 0.717) is 41.4 Å². The molecule has 3 aromatic rings. The van der Waals surface area contributed by atoms with Crippen molar-refractivity contribution in [2.75, 3.05) is 34.5 Å². The maximum atomic E-state index is 13.8. The summed E-state index contributed by atoms with van der Waals surface area (Å²) in [4.78, 5) is 28.5.